The van der Waals surface area contributed by atoms with E-state index in [1.807, 2.05) is 56.3 Å². The molecule has 0 saturated heterocycles. The van der Waals surface area contributed by atoms with E-state index in [2.05, 4.69) is 20.3 Å². The van der Waals surface area contributed by atoms with Gasteiger partial charge in [0, 0.05) is 28.2 Å². The van der Waals surface area contributed by atoms with Crippen molar-refractivity contribution >= 4 is 40.6 Å². The molecule has 3 heterocycles. The number of halogens is 1. The largest absolute Gasteiger partial charge is 0.321 e. The Kier molecular flexibility index (Phi) is 5.02. The highest BCUT2D eigenvalue weighted by atomic mass is 35.5. The number of hydrogen-bond donors (Lipinski definition) is 1. The molecular formula is C20H16ClN5OS. The van der Waals surface area contributed by atoms with E-state index in [9.17, 15) is 4.79 Å². The van der Waals surface area contributed by atoms with E-state index in [1.165, 1.54) is 11.8 Å². The Morgan fingerprint density at radius 1 is 1.04 bits per heavy atom. The van der Waals surface area contributed by atoms with Crippen LogP contribution >= 0.6 is 23.4 Å². The predicted molar refractivity (Wildman–Crippen MR) is 110 cm³/mol. The van der Waals surface area contributed by atoms with Crippen molar-refractivity contribution in [2.24, 2.45) is 0 Å². The van der Waals surface area contributed by atoms with Crippen molar-refractivity contribution in [1.29, 1.82) is 0 Å². The number of anilines is 1. The van der Waals surface area contributed by atoms with Crippen LogP contribution in [0.4, 0.5) is 5.69 Å². The van der Waals surface area contributed by atoms with Crippen molar-refractivity contribution in [2.45, 2.75) is 23.9 Å². The average Bonchev–Trinajstić information content (AvgIpc) is 2.98. The maximum absolute atomic E-state index is 12.7. The standard InChI is InChI=1S/C20H16ClN5OS/c1-12-11-13(2)23-20(22-12)28-15-8-6-14(7-9-15)24-19(27)17-18(21)25-16-5-3-4-10-26(16)17/h3-11H,1-2H3,(H,24,27). The van der Waals surface area contributed by atoms with Crippen molar-refractivity contribution in [3.8, 4) is 0 Å². The maximum atomic E-state index is 12.7. The van der Waals surface area contributed by atoms with Crippen molar-refractivity contribution in [3.05, 3.63) is 77.0 Å². The number of aromatic nitrogens is 4. The fourth-order valence-corrected chi connectivity index (χ4v) is 3.94. The number of benzene rings is 1. The number of aryl methyl sites for hydroxylation is 2. The summed E-state index contributed by atoms with van der Waals surface area (Å²) in [6.07, 6.45) is 1.76. The molecule has 28 heavy (non-hydrogen) atoms. The normalized spacial score (nSPS) is 11.0. The number of fused-ring (bicyclic) bond motifs is 1. The van der Waals surface area contributed by atoms with Gasteiger partial charge in [0.2, 0.25) is 0 Å². The SMILES string of the molecule is Cc1cc(C)nc(Sc2ccc(NC(=O)c3c(Cl)nc4ccccn34)cc2)n1. The minimum Gasteiger partial charge on any atom is -0.321 e. The van der Waals surface area contributed by atoms with E-state index in [0.717, 1.165) is 16.3 Å². The van der Waals surface area contributed by atoms with Crippen molar-refractivity contribution in [3.63, 3.8) is 0 Å². The lowest BCUT2D eigenvalue weighted by Gasteiger charge is -2.07. The summed E-state index contributed by atoms with van der Waals surface area (Å²) < 4.78 is 1.67. The second kappa shape index (κ2) is 7.61. The number of imidazole rings is 1. The highest BCUT2D eigenvalue weighted by molar-refractivity contribution is 7.99. The van der Waals surface area contributed by atoms with Crippen LogP contribution in [0, 0.1) is 13.8 Å². The van der Waals surface area contributed by atoms with E-state index in [0.29, 0.717) is 22.2 Å². The summed E-state index contributed by atoms with van der Waals surface area (Å²) in [4.78, 5) is 26.7. The Morgan fingerprint density at radius 2 is 1.75 bits per heavy atom. The van der Waals surface area contributed by atoms with Gasteiger partial charge in [-0.25, -0.2) is 15.0 Å². The Morgan fingerprint density at radius 3 is 2.46 bits per heavy atom. The molecule has 0 spiro atoms. The first-order chi connectivity index (χ1) is 13.5. The molecule has 8 heteroatoms. The monoisotopic (exact) mass is 409 g/mol. The molecule has 0 unspecified atom stereocenters. The number of amides is 1. The summed E-state index contributed by atoms with van der Waals surface area (Å²) in [5, 5.41) is 3.73. The summed E-state index contributed by atoms with van der Waals surface area (Å²) in [6, 6.07) is 14.9. The van der Waals surface area contributed by atoms with Gasteiger partial charge in [-0.05, 0) is 68.1 Å². The maximum Gasteiger partial charge on any atom is 0.275 e. The number of carbonyl (C=O) groups excluding carboxylic acids is 1. The van der Waals surface area contributed by atoms with Gasteiger partial charge in [0.25, 0.3) is 5.91 Å². The number of pyridine rings is 1. The molecule has 4 rings (SSSR count). The van der Waals surface area contributed by atoms with Gasteiger partial charge in [-0.2, -0.15) is 0 Å². The molecule has 3 aromatic heterocycles. The molecule has 1 aromatic carbocycles. The highest BCUT2D eigenvalue weighted by Gasteiger charge is 2.18. The average molecular weight is 410 g/mol. The van der Waals surface area contributed by atoms with Crippen LogP contribution in [0.15, 0.2) is 64.8 Å². The first-order valence-electron chi connectivity index (χ1n) is 8.54. The van der Waals surface area contributed by atoms with Gasteiger partial charge in [-0.1, -0.05) is 17.7 Å². The third kappa shape index (κ3) is 3.85. The molecular weight excluding hydrogens is 394 g/mol. The highest BCUT2D eigenvalue weighted by Crippen LogP contribution is 2.27. The fraction of sp³-hybridized carbons (Fsp3) is 0.100. The molecule has 0 saturated carbocycles. The topological polar surface area (TPSA) is 72.2 Å². The van der Waals surface area contributed by atoms with E-state index < -0.39 is 0 Å². The molecule has 0 atom stereocenters. The summed E-state index contributed by atoms with van der Waals surface area (Å²) in [7, 11) is 0. The van der Waals surface area contributed by atoms with Crippen molar-refractivity contribution < 1.29 is 4.79 Å². The summed E-state index contributed by atoms with van der Waals surface area (Å²) in [6.45, 7) is 3.89. The molecule has 1 amide bonds. The van der Waals surface area contributed by atoms with Crippen LogP contribution in [-0.4, -0.2) is 25.3 Å². The molecule has 0 aliphatic rings. The van der Waals surface area contributed by atoms with Crippen LogP contribution in [0.5, 0.6) is 0 Å². The summed E-state index contributed by atoms with van der Waals surface area (Å²) in [5.74, 6) is -0.318. The van der Waals surface area contributed by atoms with Crippen molar-refractivity contribution in [2.75, 3.05) is 5.32 Å². The molecule has 6 nitrogen and oxygen atoms in total. The first-order valence-corrected chi connectivity index (χ1v) is 9.73. The summed E-state index contributed by atoms with van der Waals surface area (Å²) >= 11 is 7.64. The molecule has 0 bridgehead atoms. The third-order valence-electron chi connectivity index (χ3n) is 3.99. The smallest absolute Gasteiger partial charge is 0.275 e. The Balaban J connectivity index is 1.51. The van der Waals surface area contributed by atoms with Crippen LogP contribution in [0.1, 0.15) is 21.9 Å². The van der Waals surface area contributed by atoms with E-state index >= 15 is 0 Å². The molecule has 140 valence electrons. The molecule has 0 aliphatic carbocycles. The number of nitrogens with one attached hydrogen (secondary N) is 1. The summed E-state index contributed by atoms with van der Waals surface area (Å²) in [5.41, 5.74) is 3.46. The van der Waals surface area contributed by atoms with E-state index in [-0.39, 0.29) is 11.1 Å². The lowest BCUT2D eigenvalue weighted by Crippen LogP contribution is -2.14. The van der Waals surface area contributed by atoms with Gasteiger partial charge >= 0.3 is 0 Å². The molecule has 1 N–H and O–H groups in total. The second-order valence-corrected chi connectivity index (χ2v) is 7.59. The van der Waals surface area contributed by atoms with E-state index in [4.69, 9.17) is 11.6 Å². The molecule has 4 aromatic rings. The lowest BCUT2D eigenvalue weighted by molar-refractivity contribution is 0.102. The third-order valence-corrected chi connectivity index (χ3v) is 5.12. The quantitative estimate of drug-likeness (QED) is 0.490. The van der Waals surface area contributed by atoms with Crippen LogP contribution in [0.2, 0.25) is 5.15 Å². The number of carbonyl (C=O) groups is 1. The lowest BCUT2D eigenvalue weighted by atomic mass is 10.3. The molecule has 0 radical (unpaired) electrons. The van der Waals surface area contributed by atoms with Gasteiger partial charge in [0.05, 0.1) is 0 Å². The first kappa shape index (κ1) is 18.5. The number of rotatable bonds is 4. The van der Waals surface area contributed by atoms with Gasteiger partial charge in [0.15, 0.2) is 16.0 Å². The number of nitrogens with zero attached hydrogens (tertiary/aromatic N) is 4. The van der Waals surface area contributed by atoms with E-state index in [1.54, 1.807) is 16.7 Å². The molecule has 0 fully saturated rings. The number of hydrogen-bond acceptors (Lipinski definition) is 5. The Hall–Kier alpha value is -2.90. The van der Waals surface area contributed by atoms with Gasteiger partial charge < -0.3 is 5.32 Å². The molecule has 0 aliphatic heterocycles. The zero-order valence-electron chi connectivity index (χ0n) is 15.2. The minimum absolute atomic E-state index is 0.169. The predicted octanol–water partition coefficient (Wildman–Crippen LogP) is 4.80. The van der Waals surface area contributed by atoms with Gasteiger partial charge in [-0.3, -0.25) is 9.20 Å². The minimum atomic E-state index is -0.318. The van der Waals surface area contributed by atoms with Gasteiger partial charge in [-0.15, -0.1) is 0 Å². The van der Waals surface area contributed by atoms with Crippen LogP contribution < -0.4 is 5.32 Å². The Bertz CT molecular complexity index is 1150. The van der Waals surface area contributed by atoms with Crippen LogP contribution in [0.3, 0.4) is 0 Å². The van der Waals surface area contributed by atoms with Crippen molar-refractivity contribution in [1.82, 2.24) is 19.4 Å². The van der Waals surface area contributed by atoms with Gasteiger partial charge in [0.1, 0.15) is 5.65 Å². The second-order valence-electron chi connectivity index (χ2n) is 6.19. The van der Waals surface area contributed by atoms with Crippen LogP contribution in [0.25, 0.3) is 5.65 Å². The zero-order chi connectivity index (χ0) is 19.7. The Labute approximate surface area is 171 Å². The zero-order valence-corrected chi connectivity index (χ0v) is 16.8. The fourth-order valence-electron chi connectivity index (χ4n) is 2.81. The van der Waals surface area contributed by atoms with Crippen LogP contribution in [-0.2, 0) is 0 Å².